The first-order valence-corrected chi connectivity index (χ1v) is 8.22. The number of hydrogen-bond donors (Lipinski definition) is 1. The fraction of sp³-hybridized carbons (Fsp3) is 0.667. The third-order valence-corrected chi connectivity index (χ3v) is 4.08. The van der Waals surface area contributed by atoms with Crippen molar-refractivity contribution in [2.24, 2.45) is 0 Å². The Balaban J connectivity index is 2.00. The van der Waals surface area contributed by atoms with Gasteiger partial charge in [-0.15, -0.1) is 0 Å². The summed E-state index contributed by atoms with van der Waals surface area (Å²) in [5.41, 5.74) is 2.52. The van der Waals surface area contributed by atoms with E-state index in [1.165, 1.54) is 11.1 Å². The maximum Gasteiger partial charge on any atom is 0.124 e. The first kappa shape index (κ1) is 16.3. The molecule has 3 heteroatoms. The SMILES string of the molecule is CCCNC(C)c1cc(C)ccc1OCC1CCC(C)O1. The van der Waals surface area contributed by atoms with E-state index in [0.717, 1.165) is 31.6 Å². The molecule has 0 radical (unpaired) electrons. The summed E-state index contributed by atoms with van der Waals surface area (Å²) in [6.45, 7) is 10.3. The van der Waals surface area contributed by atoms with Gasteiger partial charge in [-0.3, -0.25) is 0 Å². The van der Waals surface area contributed by atoms with Crippen molar-refractivity contribution in [2.75, 3.05) is 13.2 Å². The lowest BCUT2D eigenvalue weighted by Gasteiger charge is -2.20. The highest BCUT2D eigenvalue weighted by molar-refractivity contribution is 5.39. The molecule has 0 aliphatic carbocycles. The monoisotopic (exact) mass is 291 g/mol. The Hall–Kier alpha value is -1.06. The van der Waals surface area contributed by atoms with Gasteiger partial charge in [0, 0.05) is 11.6 Å². The number of ether oxygens (including phenoxy) is 2. The zero-order valence-electron chi connectivity index (χ0n) is 13.8. The van der Waals surface area contributed by atoms with Gasteiger partial charge in [-0.1, -0.05) is 24.6 Å². The van der Waals surface area contributed by atoms with Crippen molar-refractivity contribution in [2.45, 2.75) is 65.2 Å². The highest BCUT2D eigenvalue weighted by Gasteiger charge is 2.23. The molecular weight excluding hydrogens is 262 g/mol. The highest BCUT2D eigenvalue weighted by Crippen LogP contribution is 2.28. The van der Waals surface area contributed by atoms with Crippen LogP contribution in [0.5, 0.6) is 5.75 Å². The molecule has 1 aliphatic rings. The second kappa shape index (κ2) is 7.81. The Morgan fingerprint density at radius 2 is 2.19 bits per heavy atom. The predicted octanol–water partition coefficient (Wildman–Crippen LogP) is 4.00. The van der Waals surface area contributed by atoms with E-state index in [1.54, 1.807) is 0 Å². The standard InChI is InChI=1S/C18H29NO2/c1-5-10-19-15(4)17-11-13(2)6-9-18(17)20-12-16-8-7-14(3)21-16/h6,9,11,14-16,19H,5,7-8,10,12H2,1-4H3. The summed E-state index contributed by atoms with van der Waals surface area (Å²) in [6.07, 6.45) is 4.00. The van der Waals surface area contributed by atoms with Crippen LogP contribution in [0, 0.1) is 6.92 Å². The molecule has 2 rings (SSSR count). The lowest BCUT2D eigenvalue weighted by Crippen LogP contribution is -2.22. The largest absolute Gasteiger partial charge is 0.491 e. The first-order chi connectivity index (χ1) is 10.1. The smallest absolute Gasteiger partial charge is 0.124 e. The predicted molar refractivity (Wildman–Crippen MR) is 87.0 cm³/mol. The van der Waals surface area contributed by atoms with Crippen LogP contribution in [0.4, 0.5) is 0 Å². The van der Waals surface area contributed by atoms with Crippen LogP contribution in [0.15, 0.2) is 18.2 Å². The van der Waals surface area contributed by atoms with Crippen LogP contribution in [0.2, 0.25) is 0 Å². The molecule has 3 nitrogen and oxygen atoms in total. The summed E-state index contributed by atoms with van der Waals surface area (Å²) >= 11 is 0. The third kappa shape index (κ3) is 4.72. The third-order valence-electron chi connectivity index (χ3n) is 4.08. The second-order valence-electron chi connectivity index (χ2n) is 6.17. The quantitative estimate of drug-likeness (QED) is 0.823. The molecule has 1 aromatic rings. The molecule has 1 saturated heterocycles. The van der Waals surface area contributed by atoms with Crippen LogP contribution in [-0.2, 0) is 4.74 Å². The van der Waals surface area contributed by atoms with Gasteiger partial charge in [0.2, 0.25) is 0 Å². The van der Waals surface area contributed by atoms with Crippen molar-refractivity contribution >= 4 is 0 Å². The van der Waals surface area contributed by atoms with E-state index in [2.05, 4.69) is 51.2 Å². The van der Waals surface area contributed by atoms with E-state index in [-0.39, 0.29) is 6.10 Å². The Morgan fingerprint density at radius 3 is 2.86 bits per heavy atom. The van der Waals surface area contributed by atoms with Crippen LogP contribution >= 0.6 is 0 Å². The van der Waals surface area contributed by atoms with Crippen molar-refractivity contribution in [3.05, 3.63) is 29.3 Å². The molecule has 1 N–H and O–H groups in total. The minimum absolute atomic E-state index is 0.244. The van der Waals surface area contributed by atoms with Crippen LogP contribution in [0.3, 0.4) is 0 Å². The first-order valence-electron chi connectivity index (χ1n) is 8.22. The van der Waals surface area contributed by atoms with Crippen LogP contribution in [0.1, 0.15) is 57.2 Å². The van der Waals surface area contributed by atoms with Gasteiger partial charge in [-0.25, -0.2) is 0 Å². The average Bonchev–Trinajstić information content (AvgIpc) is 2.89. The molecule has 0 saturated carbocycles. The zero-order valence-corrected chi connectivity index (χ0v) is 13.8. The van der Waals surface area contributed by atoms with Gasteiger partial charge in [0.15, 0.2) is 0 Å². The van der Waals surface area contributed by atoms with E-state index in [4.69, 9.17) is 9.47 Å². The van der Waals surface area contributed by atoms with Crippen molar-refractivity contribution in [1.82, 2.24) is 5.32 Å². The van der Waals surface area contributed by atoms with Crippen LogP contribution < -0.4 is 10.1 Å². The van der Waals surface area contributed by atoms with Gasteiger partial charge >= 0.3 is 0 Å². The van der Waals surface area contributed by atoms with Crippen LogP contribution in [-0.4, -0.2) is 25.4 Å². The maximum absolute atomic E-state index is 6.06. The molecule has 0 amide bonds. The molecule has 1 heterocycles. The molecule has 3 unspecified atom stereocenters. The summed E-state index contributed by atoms with van der Waals surface area (Å²) in [6, 6.07) is 6.74. The Bertz CT molecular complexity index is 447. The van der Waals surface area contributed by atoms with Gasteiger partial charge in [0.1, 0.15) is 12.4 Å². The van der Waals surface area contributed by atoms with E-state index in [0.29, 0.717) is 18.8 Å². The molecule has 118 valence electrons. The molecule has 0 bridgehead atoms. The van der Waals surface area contributed by atoms with Gasteiger partial charge < -0.3 is 14.8 Å². The average molecular weight is 291 g/mol. The van der Waals surface area contributed by atoms with Crippen molar-refractivity contribution in [1.29, 1.82) is 0 Å². The van der Waals surface area contributed by atoms with E-state index in [9.17, 15) is 0 Å². The minimum Gasteiger partial charge on any atom is -0.491 e. The highest BCUT2D eigenvalue weighted by atomic mass is 16.5. The molecule has 1 aliphatic heterocycles. The molecule has 3 atom stereocenters. The summed E-state index contributed by atoms with van der Waals surface area (Å²) < 4.78 is 11.9. The summed E-state index contributed by atoms with van der Waals surface area (Å²) in [5, 5.41) is 3.54. The zero-order chi connectivity index (χ0) is 15.2. The van der Waals surface area contributed by atoms with E-state index < -0.39 is 0 Å². The number of hydrogen-bond acceptors (Lipinski definition) is 3. The van der Waals surface area contributed by atoms with E-state index >= 15 is 0 Å². The molecule has 0 spiro atoms. The Morgan fingerprint density at radius 1 is 1.38 bits per heavy atom. The van der Waals surface area contributed by atoms with Gasteiger partial charge in [0.05, 0.1) is 12.2 Å². The van der Waals surface area contributed by atoms with Crippen molar-refractivity contribution in [3.63, 3.8) is 0 Å². The number of benzene rings is 1. The Kier molecular flexibility index (Phi) is 6.07. The second-order valence-corrected chi connectivity index (χ2v) is 6.17. The summed E-state index contributed by atoms with van der Waals surface area (Å²) in [4.78, 5) is 0. The topological polar surface area (TPSA) is 30.5 Å². The van der Waals surface area contributed by atoms with Crippen LogP contribution in [0.25, 0.3) is 0 Å². The fourth-order valence-corrected chi connectivity index (χ4v) is 2.80. The molecule has 21 heavy (non-hydrogen) atoms. The number of nitrogens with one attached hydrogen (secondary N) is 1. The lowest BCUT2D eigenvalue weighted by atomic mass is 10.0. The number of aryl methyl sites for hydroxylation is 1. The van der Waals surface area contributed by atoms with Crippen molar-refractivity contribution in [3.8, 4) is 5.75 Å². The minimum atomic E-state index is 0.244. The normalized spacial score (nSPS) is 23.2. The number of rotatable bonds is 7. The maximum atomic E-state index is 6.06. The van der Waals surface area contributed by atoms with E-state index in [1.807, 2.05) is 0 Å². The molecule has 1 fully saturated rings. The molecule has 1 aromatic carbocycles. The van der Waals surface area contributed by atoms with Gasteiger partial charge in [-0.2, -0.15) is 0 Å². The molecule has 0 aromatic heterocycles. The van der Waals surface area contributed by atoms with Gasteiger partial charge in [0.25, 0.3) is 0 Å². The fourth-order valence-electron chi connectivity index (χ4n) is 2.80. The lowest BCUT2D eigenvalue weighted by molar-refractivity contribution is 0.0261. The van der Waals surface area contributed by atoms with Crippen molar-refractivity contribution < 1.29 is 9.47 Å². The Labute approximate surface area is 129 Å². The summed E-state index contributed by atoms with van der Waals surface area (Å²) in [7, 11) is 0. The molecular formula is C18H29NO2. The van der Waals surface area contributed by atoms with Gasteiger partial charge in [-0.05, 0) is 52.6 Å². The summed E-state index contributed by atoms with van der Waals surface area (Å²) in [5.74, 6) is 0.986.